The molecule has 1 saturated heterocycles. The van der Waals surface area contributed by atoms with Crippen LogP contribution in [0.2, 0.25) is 0 Å². The lowest BCUT2D eigenvalue weighted by Gasteiger charge is -2.35. The SMILES string of the molecule is CCCOc1cc(N2CCNC(=O)C2CC(=O)O)ncn1. The standard InChI is InChI=1S/C13H18N4O4/c1-2-5-21-11-7-10(15-8-16-11)17-4-3-14-13(20)9(17)6-12(18)19/h7-9H,2-6H2,1H3,(H,14,20)(H,18,19). The molecule has 8 nitrogen and oxygen atoms in total. The Labute approximate surface area is 122 Å². The molecule has 1 aromatic rings. The Morgan fingerprint density at radius 2 is 2.38 bits per heavy atom. The van der Waals surface area contributed by atoms with E-state index in [1.807, 2.05) is 6.92 Å². The molecular weight excluding hydrogens is 276 g/mol. The molecule has 0 saturated carbocycles. The molecular formula is C13H18N4O4. The topological polar surface area (TPSA) is 105 Å². The van der Waals surface area contributed by atoms with E-state index in [4.69, 9.17) is 9.84 Å². The lowest BCUT2D eigenvalue weighted by Crippen LogP contribution is -2.56. The number of anilines is 1. The smallest absolute Gasteiger partial charge is 0.305 e. The van der Waals surface area contributed by atoms with Gasteiger partial charge in [0.15, 0.2) is 0 Å². The van der Waals surface area contributed by atoms with Crippen LogP contribution >= 0.6 is 0 Å². The van der Waals surface area contributed by atoms with Crippen LogP contribution in [-0.4, -0.2) is 52.7 Å². The van der Waals surface area contributed by atoms with Crippen LogP contribution in [0.15, 0.2) is 12.4 Å². The molecule has 1 aromatic heterocycles. The third kappa shape index (κ3) is 3.80. The number of aromatic nitrogens is 2. The molecule has 1 unspecified atom stereocenters. The lowest BCUT2D eigenvalue weighted by molar-refractivity contribution is -0.139. The summed E-state index contributed by atoms with van der Waals surface area (Å²) in [5.41, 5.74) is 0. The Morgan fingerprint density at radius 3 is 3.10 bits per heavy atom. The minimum Gasteiger partial charge on any atom is -0.481 e. The summed E-state index contributed by atoms with van der Waals surface area (Å²) in [4.78, 5) is 32.6. The second kappa shape index (κ2) is 6.87. The van der Waals surface area contributed by atoms with Gasteiger partial charge >= 0.3 is 5.97 Å². The lowest BCUT2D eigenvalue weighted by atomic mass is 10.1. The molecule has 2 rings (SSSR count). The van der Waals surface area contributed by atoms with Gasteiger partial charge in [-0.3, -0.25) is 9.59 Å². The average molecular weight is 294 g/mol. The number of amides is 1. The number of aliphatic carboxylic acids is 1. The number of nitrogens with one attached hydrogen (secondary N) is 1. The molecule has 0 radical (unpaired) electrons. The number of carboxylic acids is 1. The maximum Gasteiger partial charge on any atom is 0.305 e. The molecule has 2 N–H and O–H groups in total. The number of rotatable bonds is 6. The van der Waals surface area contributed by atoms with Crippen LogP contribution < -0.4 is 15.0 Å². The Bertz CT molecular complexity index is 523. The van der Waals surface area contributed by atoms with E-state index in [9.17, 15) is 9.59 Å². The van der Waals surface area contributed by atoms with E-state index in [-0.39, 0.29) is 12.3 Å². The quantitative estimate of drug-likeness (QED) is 0.763. The number of carbonyl (C=O) groups excluding carboxylic acids is 1. The summed E-state index contributed by atoms with van der Waals surface area (Å²) in [6.45, 7) is 3.47. The summed E-state index contributed by atoms with van der Waals surface area (Å²) in [6.07, 6.45) is 1.93. The van der Waals surface area contributed by atoms with E-state index in [1.165, 1.54) is 6.33 Å². The first-order valence-electron chi connectivity index (χ1n) is 6.82. The highest BCUT2D eigenvalue weighted by Gasteiger charge is 2.32. The molecule has 1 amide bonds. The fourth-order valence-electron chi connectivity index (χ4n) is 2.13. The number of hydrogen-bond donors (Lipinski definition) is 2. The molecule has 8 heteroatoms. The van der Waals surface area contributed by atoms with E-state index >= 15 is 0 Å². The zero-order valence-electron chi connectivity index (χ0n) is 11.8. The summed E-state index contributed by atoms with van der Waals surface area (Å²) < 4.78 is 5.44. The van der Waals surface area contributed by atoms with Crippen molar-refractivity contribution in [3.63, 3.8) is 0 Å². The minimum atomic E-state index is -1.03. The third-order valence-corrected chi connectivity index (χ3v) is 3.07. The van der Waals surface area contributed by atoms with Gasteiger partial charge in [-0.05, 0) is 6.42 Å². The highest BCUT2D eigenvalue weighted by atomic mass is 16.5. The van der Waals surface area contributed by atoms with Crippen LogP contribution in [0.5, 0.6) is 5.88 Å². The first kappa shape index (κ1) is 15.0. The van der Waals surface area contributed by atoms with Gasteiger partial charge in [-0.25, -0.2) is 9.97 Å². The van der Waals surface area contributed by atoms with E-state index in [2.05, 4.69) is 15.3 Å². The van der Waals surface area contributed by atoms with E-state index in [0.717, 1.165) is 6.42 Å². The number of carboxylic acid groups (broad SMARTS) is 1. The first-order valence-corrected chi connectivity index (χ1v) is 6.82. The van der Waals surface area contributed by atoms with Crippen LogP contribution in [0.1, 0.15) is 19.8 Å². The van der Waals surface area contributed by atoms with Crippen LogP contribution in [0.4, 0.5) is 5.82 Å². The van der Waals surface area contributed by atoms with Gasteiger partial charge < -0.3 is 20.1 Å². The van der Waals surface area contributed by atoms with Crippen molar-refractivity contribution in [2.24, 2.45) is 0 Å². The Morgan fingerprint density at radius 1 is 1.57 bits per heavy atom. The minimum absolute atomic E-state index is 0.277. The summed E-state index contributed by atoms with van der Waals surface area (Å²) in [5.74, 6) is -0.420. The van der Waals surface area contributed by atoms with Crippen molar-refractivity contribution in [1.82, 2.24) is 15.3 Å². The predicted octanol–water partition coefficient (Wildman–Crippen LogP) is 0.0449. The van der Waals surface area contributed by atoms with E-state index in [0.29, 0.717) is 31.4 Å². The van der Waals surface area contributed by atoms with Crippen LogP contribution in [-0.2, 0) is 9.59 Å². The molecule has 21 heavy (non-hydrogen) atoms. The first-order chi connectivity index (χ1) is 10.1. The number of ether oxygens (including phenoxy) is 1. The maximum absolute atomic E-state index is 11.9. The molecule has 114 valence electrons. The number of nitrogens with zero attached hydrogens (tertiary/aromatic N) is 3. The van der Waals surface area contributed by atoms with Gasteiger partial charge in [-0.2, -0.15) is 0 Å². The van der Waals surface area contributed by atoms with Crippen molar-refractivity contribution in [3.05, 3.63) is 12.4 Å². The van der Waals surface area contributed by atoms with Crippen molar-refractivity contribution in [2.45, 2.75) is 25.8 Å². The van der Waals surface area contributed by atoms with Crippen molar-refractivity contribution in [2.75, 3.05) is 24.6 Å². The Balaban J connectivity index is 2.20. The number of carbonyl (C=O) groups is 2. The average Bonchev–Trinajstić information content (AvgIpc) is 2.47. The van der Waals surface area contributed by atoms with Crippen LogP contribution in [0, 0.1) is 0 Å². The summed E-state index contributed by atoms with van der Waals surface area (Å²) in [6, 6.07) is 0.855. The Kier molecular flexibility index (Phi) is 4.91. The van der Waals surface area contributed by atoms with Gasteiger partial charge in [0, 0.05) is 19.2 Å². The van der Waals surface area contributed by atoms with E-state index < -0.39 is 12.0 Å². The number of piperazine rings is 1. The fourth-order valence-corrected chi connectivity index (χ4v) is 2.13. The fraction of sp³-hybridized carbons (Fsp3) is 0.538. The molecule has 0 bridgehead atoms. The predicted molar refractivity (Wildman–Crippen MR) is 74.2 cm³/mol. The largest absolute Gasteiger partial charge is 0.481 e. The van der Waals surface area contributed by atoms with Gasteiger partial charge in [0.25, 0.3) is 0 Å². The second-order valence-corrected chi connectivity index (χ2v) is 4.66. The Hall–Kier alpha value is -2.38. The van der Waals surface area contributed by atoms with Crippen LogP contribution in [0.25, 0.3) is 0 Å². The highest BCUT2D eigenvalue weighted by Crippen LogP contribution is 2.21. The van der Waals surface area contributed by atoms with Gasteiger partial charge in [0.05, 0.1) is 13.0 Å². The van der Waals surface area contributed by atoms with Crippen molar-refractivity contribution in [3.8, 4) is 5.88 Å². The molecule has 1 atom stereocenters. The maximum atomic E-state index is 11.9. The van der Waals surface area contributed by atoms with Gasteiger partial charge in [0.1, 0.15) is 18.2 Å². The molecule has 1 aliphatic rings. The highest BCUT2D eigenvalue weighted by molar-refractivity contribution is 5.90. The molecule has 2 heterocycles. The van der Waals surface area contributed by atoms with Crippen molar-refractivity contribution in [1.29, 1.82) is 0 Å². The summed E-state index contributed by atoms with van der Waals surface area (Å²) >= 11 is 0. The van der Waals surface area contributed by atoms with Gasteiger partial charge in [0.2, 0.25) is 11.8 Å². The van der Waals surface area contributed by atoms with Crippen molar-refractivity contribution < 1.29 is 19.4 Å². The monoisotopic (exact) mass is 294 g/mol. The number of hydrogen-bond acceptors (Lipinski definition) is 6. The molecule has 0 aliphatic carbocycles. The summed E-state index contributed by atoms with van der Waals surface area (Å²) in [5, 5.41) is 11.6. The van der Waals surface area contributed by atoms with Crippen molar-refractivity contribution >= 4 is 17.7 Å². The zero-order valence-corrected chi connectivity index (χ0v) is 11.8. The second-order valence-electron chi connectivity index (χ2n) is 4.66. The van der Waals surface area contributed by atoms with E-state index in [1.54, 1.807) is 11.0 Å². The molecule has 0 aromatic carbocycles. The molecule has 1 fully saturated rings. The van der Waals surface area contributed by atoms with Gasteiger partial charge in [-0.1, -0.05) is 6.92 Å². The third-order valence-electron chi connectivity index (χ3n) is 3.07. The summed E-state index contributed by atoms with van der Waals surface area (Å²) in [7, 11) is 0. The molecule has 1 aliphatic heterocycles. The van der Waals surface area contributed by atoms with Crippen LogP contribution in [0.3, 0.4) is 0 Å². The normalized spacial score (nSPS) is 18.2. The van der Waals surface area contributed by atoms with Gasteiger partial charge in [-0.15, -0.1) is 0 Å². The zero-order chi connectivity index (χ0) is 15.2. The molecule has 0 spiro atoms.